The van der Waals surface area contributed by atoms with Gasteiger partial charge in [-0.15, -0.1) is 0 Å². The van der Waals surface area contributed by atoms with Gasteiger partial charge in [0, 0.05) is 11.6 Å². The lowest BCUT2D eigenvalue weighted by molar-refractivity contribution is 0.0996. The van der Waals surface area contributed by atoms with Gasteiger partial charge in [0.2, 0.25) is 5.82 Å². The predicted octanol–water partition coefficient (Wildman–Crippen LogP) is 4.59. The zero-order valence-electron chi connectivity index (χ0n) is 17.3. The smallest absolute Gasteiger partial charge is 0.292 e. The first-order valence-corrected chi connectivity index (χ1v) is 10.3. The average molecular weight is 415 g/mol. The Kier molecular flexibility index (Phi) is 4.66. The van der Waals surface area contributed by atoms with Gasteiger partial charge >= 0.3 is 0 Å². The van der Waals surface area contributed by atoms with Gasteiger partial charge in [-0.3, -0.25) is 14.9 Å². The molecule has 0 unspecified atom stereocenters. The summed E-state index contributed by atoms with van der Waals surface area (Å²) in [6, 6.07) is 11.0. The van der Waals surface area contributed by atoms with Crippen LogP contribution in [0.15, 0.2) is 50.2 Å². The minimum atomic E-state index is -0.589. The van der Waals surface area contributed by atoms with Gasteiger partial charge in [-0.25, -0.2) is 4.63 Å². The Morgan fingerprint density at radius 1 is 1.00 bits per heavy atom. The Morgan fingerprint density at radius 3 is 2.65 bits per heavy atom. The van der Waals surface area contributed by atoms with Crippen molar-refractivity contribution in [3.63, 3.8) is 0 Å². The zero-order chi connectivity index (χ0) is 21.5. The molecule has 156 valence electrons. The third kappa shape index (κ3) is 3.52. The van der Waals surface area contributed by atoms with Crippen molar-refractivity contribution in [1.29, 1.82) is 0 Å². The van der Waals surface area contributed by atoms with E-state index in [0.29, 0.717) is 16.7 Å². The number of carbonyl (C=O) groups is 1. The topological polar surface area (TPSA) is 98.2 Å². The summed E-state index contributed by atoms with van der Waals surface area (Å²) in [5.74, 6) is -0.498. The first-order valence-electron chi connectivity index (χ1n) is 10.3. The number of amides is 1. The van der Waals surface area contributed by atoms with Crippen molar-refractivity contribution < 1.29 is 13.8 Å². The van der Waals surface area contributed by atoms with E-state index in [9.17, 15) is 9.59 Å². The molecule has 31 heavy (non-hydrogen) atoms. The van der Waals surface area contributed by atoms with E-state index in [1.807, 2.05) is 26.0 Å². The van der Waals surface area contributed by atoms with Gasteiger partial charge in [-0.2, -0.15) is 0 Å². The van der Waals surface area contributed by atoms with Crippen LogP contribution < -0.4 is 10.7 Å². The summed E-state index contributed by atoms with van der Waals surface area (Å²) in [6.07, 6.45) is 4.47. The molecule has 0 bridgehead atoms. The van der Waals surface area contributed by atoms with Gasteiger partial charge in [0.05, 0.1) is 5.39 Å². The molecule has 4 aromatic rings. The first kappa shape index (κ1) is 19.2. The van der Waals surface area contributed by atoms with Crippen LogP contribution in [-0.2, 0) is 12.8 Å². The lowest BCUT2D eigenvalue weighted by atomic mass is 9.90. The largest absolute Gasteiger partial charge is 0.450 e. The highest BCUT2D eigenvalue weighted by Crippen LogP contribution is 2.30. The number of aryl methyl sites for hydroxylation is 4. The van der Waals surface area contributed by atoms with Crippen LogP contribution >= 0.6 is 0 Å². The van der Waals surface area contributed by atoms with Gasteiger partial charge in [-0.05, 0) is 84.2 Å². The lowest BCUT2D eigenvalue weighted by Gasteiger charge is -2.16. The number of hydrogen-bond donors (Lipinski definition) is 1. The molecule has 1 N–H and O–H groups in total. The molecular weight excluding hydrogens is 394 g/mol. The fourth-order valence-electron chi connectivity index (χ4n) is 4.23. The number of rotatable bonds is 3. The van der Waals surface area contributed by atoms with E-state index in [4.69, 9.17) is 9.05 Å². The molecule has 0 spiro atoms. The molecule has 7 heteroatoms. The van der Waals surface area contributed by atoms with Crippen molar-refractivity contribution in [2.75, 3.05) is 5.32 Å². The fraction of sp³-hybridized carbons (Fsp3) is 0.250. The first-order chi connectivity index (χ1) is 15.0. The quantitative estimate of drug-likeness (QED) is 0.525. The second-order valence-electron chi connectivity index (χ2n) is 8.04. The Balaban J connectivity index is 1.47. The monoisotopic (exact) mass is 415 g/mol. The number of benzene rings is 2. The van der Waals surface area contributed by atoms with Crippen molar-refractivity contribution in [3.05, 3.63) is 74.6 Å². The summed E-state index contributed by atoms with van der Waals surface area (Å²) in [5, 5.41) is 10.9. The molecule has 0 aliphatic heterocycles. The summed E-state index contributed by atoms with van der Waals surface area (Å²) >= 11 is 0. The second kappa shape index (κ2) is 7.50. The Labute approximate surface area is 178 Å². The van der Waals surface area contributed by atoms with Crippen LogP contribution in [0.25, 0.3) is 22.2 Å². The van der Waals surface area contributed by atoms with Crippen molar-refractivity contribution in [1.82, 2.24) is 10.3 Å². The zero-order valence-corrected chi connectivity index (χ0v) is 17.3. The van der Waals surface area contributed by atoms with E-state index in [-0.39, 0.29) is 17.0 Å². The minimum Gasteiger partial charge on any atom is -0.450 e. The summed E-state index contributed by atoms with van der Waals surface area (Å²) in [4.78, 5) is 25.4. The van der Waals surface area contributed by atoms with Crippen molar-refractivity contribution in [2.45, 2.75) is 39.5 Å². The van der Waals surface area contributed by atoms with Gasteiger partial charge in [-0.1, -0.05) is 18.2 Å². The normalized spacial score (nSPS) is 13.2. The molecule has 7 nitrogen and oxygen atoms in total. The van der Waals surface area contributed by atoms with E-state index in [1.165, 1.54) is 23.6 Å². The minimum absolute atomic E-state index is 0.0937. The van der Waals surface area contributed by atoms with Crippen LogP contribution in [0.5, 0.6) is 0 Å². The van der Waals surface area contributed by atoms with Crippen molar-refractivity contribution in [2.24, 2.45) is 0 Å². The molecule has 0 fully saturated rings. The highest BCUT2D eigenvalue weighted by Gasteiger charge is 2.20. The fourth-order valence-corrected chi connectivity index (χ4v) is 4.23. The van der Waals surface area contributed by atoms with Crippen LogP contribution in [0.2, 0.25) is 0 Å². The number of anilines is 1. The highest BCUT2D eigenvalue weighted by atomic mass is 16.6. The third-order valence-corrected chi connectivity index (χ3v) is 5.72. The van der Waals surface area contributed by atoms with Crippen LogP contribution in [-0.4, -0.2) is 16.2 Å². The maximum Gasteiger partial charge on any atom is 0.292 e. The molecule has 1 amide bonds. The SMILES string of the molecule is Cc1cc(C)c2oc(C(=O)Nc3nonc3-c3ccc4c(c3)CCCC4)cc(=O)c2c1. The molecule has 0 radical (unpaired) electrons. The average Bonchev–Trinajstić information content (AvgIpc) is 3.22. The van der Waals surface area contributed by atoms with Crippen molar-refractivity contribution >= 4 is 22.7 Å². The predicted molar refractivity (Wildman–Crippen MR) is 116 cm³/mol. The van der Waals surface area contributed by atoms with E-state index in [1.54, 1.807) is 6.07 Å². The van der Waals surface area contributed by atoms with Crippen LogP contribution in [0.3, 0.4) is 0 Å². The highest BCUT2D eigenvalue weighted by molar-refractivity contribution is 6.04. The number of fused-ring (bicyclic) bond motifs is 2. The Bertz CT molecular complexity index is 1380. The molecule has 1 aliphatic carbocycles. The van der Waals surface area contributed by atoms with Crippen LogP contribution in [0, 0.1) is 13.8 Å². The van der Waals surface area contributed by atoms with E-state index in [0.717, 1.165) is 36.0 Å². The number of carbonyl (C=O) groups excluding carboxylic acids is 1. The maximum absolute atomic E-state index is 12.8. The summed E-state index contributed by atoms with van der Waals surface area (Å²) in [7, 11) is 0. The molecule has 0 saturated carbocycles. The van der Waals surface area contributed by atoms with E-state index in [2.05, 4.69) is 27.8 Å². The maximum atomic E-state index is 12.8. The third-order valence-electron chi connectivity index (χ3n) is 5.72. The molecule has 0 atom stereocenters. The summed E-state index contributed by atoms with van der Waals surface area (Å²) in [5.41, 5.74) is 5.77. The molecule has 2 aromatic carbocycles. The number of aromatic nitrogens is 2. The molecule has 1 aliphatic rings. The van der Waals surface area contributed by atoms with E-state index < -0.39 is 5.91 Å². The van der Waals surface area contributed by atoms with Gasteiger partial charge in [0.15, 0.2) is 16.9 Å². The second-order valence-corrected chi connectivity index (χ2v) is 8.04. The molecule has 2 heterocycles. The molecule has 0 saturated heterocycles. The number of nitrogens with one attached hydrogen (secondary N) is 1. The lowest BCUT2D eigenvalue weighted by Crippen LogP contribution is -2.16. The molecular formula is C24H21N3O4. The van der Waals surface area contributed by atoms with E-state index >= 15 is 0 Å². The summed E-state index contributed by atoms with van der Waals surface area (Å²) in [6.45, 7) is 3.75. The van der Waals surface area contributed by atoms with Crippen molar-refractivity contribution in [3.8, 4) is 11.3 Å². The number of nitrogens with zero attached hydrogens (tertiary/aromatic N) is 2. The number of hydrogen-bond acceptors (Lipinski definition) is 6. The molecule has 5 rings (SSSR count). The Morgan fingerprint density at radius 2 is 1.81 bits per heavy atom. The standard InChI is InChI=1S/C24H21N3O4/c1-13-9-14(2)22-18(10-13)19(28)12-20(30-22)24(29)25-23-21(26-31-27-23)17-8-7-15-5-3-4-6-16(15)11-17/h7-12H,3-6H2,1-2H3,(H,25,27,29). The van der Waals surface area contributed by atoms with Crippen LogP contribution in [0.4, 0.5) is 5.82 Å². The Hall–Kier alpha value is -3.74. The molecule has 2 aromatic heterocycles. The van der Waals surface area contributed by atoms with Gasteiger partial charge < -0.3 is 4.42 Å². The van der Waals surface area contributed by atoms with Crippen LogP contribution in [0.1, 0.15) is 45.7 Å². The van der Waals surface area contributed by atoms with Gasteiger partial charge in [0.1, 0.15) is 5.58 Å². The van der Waals surface area contributed by atoms with Gasteiger partial charge in [0.25, 0.3) is 5.91 Å². The summed E-state index contributed by atoms with van der Waals surface area (Å²) < 4.78 is 10.7.